The van der Waals surface area contributed by atoms with Gasteiger partial charge in [0.2, 0.25) is 0 Å². The molecule has 2 aromatic rings. The van der Waals surface area contributed by atoms with Gasteiger partial charge in [0, 0.05) is 5.56 Å². The van der Waals surface area contributed by atoms with Crippen molar-refractivity contribution in [2.75, 3.05) is 0 Å². The Bertz CT molecular complexity index is 740. The molecule has 0 unspecified atom stereocenters. The fourth-order valence-corrected chi connectivity index (χ4v) is 2.96. The first-order chi connectivity index (χ1) is 10.1. The highest BCUT2D eigenvalue weighted by Gasteiger charge is 2.22. The van der Waals surface area contributed by atoms with Crippen LogP contribution in [0.3, 0.4) is 0 Å². The number of carbonyl (C=O) groups excluding carboxylic acids is 1. The molecule has 1 aliphatic heterocycles. The molecular formula is C18H15NOS. The zero-order chi connectivity index (χ0) is 14.8. The van der Waals surface area contributed by atoms with Crippen LogP contribution < -0.4 is 0 Å². The van der Waals surface area contributed by atoms with E-state index in [-0.39, 0.29) is 5.91 Å². The standard InChI is InChI=1S/C18H15NOS/c1-12-3-7-14(8-4-12)11-16-17(20)19-18(21-16)15-9-5-13(2)6-10-15/h3-11H,1-2H3. The van der Waals surface area contributed by atoms with E-state index in [2.05, 4.69) is 4.99 Å². The molecule has 2 aromatic carbocycles. The number of rotatable bonds is 2. The van der Waals surface area contributed by atoms with Crippen LogP contribution in [0, 0.1) is 13.8 Å². The minimum Gasteiger partial charge on any atom is -0.266 e. The van der Waals surface area contributed by atoms with E-state index in [1.54, 1.807) is 0 Å². The molecule has 0 spiro atoms. The number of hydrogen-bond acceptors (Lipinski definition) is 2. The first kappa shape index (κ1) is 13.8. The van der Waals surface area contributed by atoms with E-state index >= 15 is 0 Å². The number of nitrogens with zero attached hydrogens (tertiary/aromatic N) is 1. The van der Waals surface area contributed by atoms with Crippen molar-refractivity contribution in [1.29, 1.82) is 0 Å². The average molecular weight is 293 g/mol. The minimum absolute atomic E-state index is 0.156. The maximum Gasteiger partial charge on any atom is 0.284 e. The SMILES string of the molecule is Cc1ccc(C=C2SC(c3ccc(C)cc3)=NC2=O)cc1. The van der Waals surface area contributed by atoms with Gasteiger partial charge >= 0.3 is 0 Å². The maximum absolute atomic E-state index is 12.0. The largest absolute Gasteiger partial charge is 0.284 e. The van der Waals surface area contributed by atoms with Crippen LogP contribution in [0.4, 0.5) is 0 Å². The summed E-state index contributed by atoms with van der Waals surface area (Å²) in [6.45, 7) is 4.09. The Balaban J connectivity index is 1.84. The van der Waals surface area contributed by atoms with Gasteiger partial charge in [-0.15, -0.1) is 0 Å². The molecule has 0 aromatic heterocycles. The summed E-state index contributed by atoms with van der Waals surface area (Å²) in [5.74, 6) is -0.156. The van der Waals surface area contributed by atoms with Gasteiger partial charge in [-0.05, 0) is 25.5 Å². The second-order valence-corrected chi connectivity index (χ2v) is 6.14. The number of aryl methyl sites for hydroxylation is 2. The van der Waals surface area contributed by atoms with Crippen molar-refractivity contribution in [2.24, 2.45) is 4.99 Å². The molecule has 0 saturated carbocycles. The van der Waals surface area contributed by atoms with Crippen molar-refractivity contribution in [3.05, 3.63) is 75.7 Å². The molecule has 0 fully saturated rings. The summed E-state index contributed by atoms with van der Waals surface area (Å²) in [5, 5.41) is 0.776. The molecule has 21 heavy (non-hydrogen) atoms. The van der Waals surface area contributed by atoms with Crippen LogP contribution in [-0.4, -0.2) is 11.0 Å². The molecule has 1 aliphatic rings. The lowest BCUT2D eigenvalue weighted by molar-refractivity contribution is -0.113. The van der Waals surface area contributed by atoms with Crippen LogP contribution >= 0.6 is 11.8 Å². The van der Waals surface area contributed by atoms with Crippen molar-refractivity contribution in [3.63, 3.8) is 0 Å². The van der Waals surface area contributed by atoms with E-state index in [4.69, 9.17) is 0 Å². The van der Waals surface area contributed by atoms with Crippen LogP contribution in [0.5, 0.6) is 0 Å². The molecule has 3 rings (SSSR count). The van der Waals surface area contributed by atoms with Crippen molar-refractivity contribution < 1.29 is 4.79 Å². The van der Waals surface area contributed by atoms with Crippen LogP contribution in [0.2, 0.25) is 0 Å². The molecule has 0 bridgehead atoms. The lowest BCUT2D eigenvalue weighted by atomic mass is 10.1. The van der Waals surface area contributed by atoms with Gasteiger partial charge in [0.05, 0.1) is 4.91 Å². The summed E-state index contributed by atoms with van der Waals surface area (Å²) in [7, 11) is 0. The second-order valence-electron chi connectivity index (χ2n) is 5.11. The number of hydrogen-bond donors (Lipinski definition) is 0. The lowest BCUT2D eigenvalue weighted by Crippen LogP contribution is -1.90. The Labute approximate surface area is 128 Å². The van der Waals surface area contributed by atoms with Gasteiger partial charge in [0.25, 0.3) is 5.91 Å². The summed E-state index contributed by atoms with van der Waals surface area (Å²) in [4.78, 5) is 16.9. The molecule has 0 atom stereocenters. The minimum atomic E-state index is -0.156. The summed E-state index contributed by atoms with van der Waals surface area (Å²) < 4.78 is 0. The zero-order valence-electron chi connectivity index (χ0n) is 12.0. The van der Waals surface area contributed by atoms with Gasteiger partial charge in [-0.25, -0.2) is 4.99 Å². The quantitative estimate of drug-likeness (QED) is 0.770. The molecule has 0 radical (unpaired) electrons. The molecule has 1 amide bonds. The highest BCUT2D eigenvalue weighted by Crippen LogP contribution is 2.31. The highest BCUT2D eigenvalue weighted by molar-refractivity contribution is 8.19. The van der Waals surface area contributed by atoms with Gasteiger partial charge in [-0.1, -0.05) is 71.4 Å². The zero-order valence-corrected chi connectivity index (χ0v) is 12.8. The molecule has 2 nitrogen and oxygen atoms in total. The first-order valence-corrected chi connectivity index (χ1v) is 7.60. The summed E-state index contributed by atoms with van der Waals surface area (Å²) in [5.41, 5.74) is 4.42. The molecule has 104 valence electrons. The van der Waals surface area contributed by atoms with Crippen LogP contribution in [0.1, 0.15) is 22.3 Å². The Morgan fingerprint density at radius 2 is 1.48 bits per heavy atom. The summed E-state index contributed by atoms with van der Waals surface area (Å²) in [6.07, 6.45) is 1.90. The number of amides is 1. The monoisotopic (exact) mass is 293 g/mol. The number of carbonyl (C=O) groups is 1. The lowest BCUT2D eigenvalue weighted by Gasteiger charge is -2.00. The highest BCUT2D eigenvalue weighted by atomic mass is 32.2. The number of thioether (sulfide) groups is 1. The van der Waals surface area contributed by atoms with Crippen molar-refractivity contribution >= 4 is 28.8 Å². The van der Waals surface area contributed by atoms with Crippen molar-refractivity contribution in [1.82, 2.24) is 0 Å². The molecule has 0 N–H and O–H groups in total. The van der Waals surface area contributed by atoms with Crippen LogP contribution in [0.25, 0.3) is 6.08 Å². The molecular weight excluding hydrogens is 278 g/mol. The average Bonchev–Trinajstić information content (AvgIpc) is 2.83. The first-order valence-electron chi connectivity index (χ1n) is 6.78. The Morgan fingerprint density at radius 3 is 2.10 bits per heavy atom. The normalized spacial score (nSPS) is 16.4. The number of aliphatic imine (C=N–C) groups is 1. The van der Waals surface area contributed by atoms with Crippen molar-refractivity contribution in [2.45, 2.75) is 13.8 Å². The summed E-state index contributed by atoms with van der Waals surface area (Å²) >= 11 is 1.44. The van der Waals surface area contributed by atoms with E-state index < -0.39 is 0 Å². The maximum atomic E-state index is 12.0. The Morgan fingerprint density at radius 1 is 0.905 bits per heavy atom. The van der Waals surface area contributed by atoms with Crippen molar-refractivity contribution in [3.8, 4) is 0 Å². The predicted octanol–water partition coefficient (Wildman–Crippen LogP) is 4.36. The third kappa shape index (κ3) is 3.14. The van der Waals surface area contributed by atoms with Gasteiger partial charge in [0.15, 0.2) is 0 Å². The van der Waals surface area contributed by atoms with Gasteiger partial charge in [0.1, 0.15) is 5.04 Å². The fraction of sp³-hybridized carbons (Fsp3) is 0.111. The smallest absolute Gasteiger partial charge is 0.266 e. The molecule has 3 heteroatoms. The van der Waals surface area contributed by atoms with Gasteiger partial charge in [-0.3, -0.25) is 4.79 Å². The van der Waals surface area contributed by atoms with E-state index in [9.17, 15) is 4.79 Å². The molecule has 0 aliphatic carbocycles. The fourth-order valence-electron chi connectivity index (χ4n) is 2.04. The molecule has 1 heterocycles. The Kier molecular flexibility index (Phi) is 3.76. The van der Waals surface area contributed by atoms with E-state index in [0.29, 0.717) is 4.91 Å². The summed E-state index contributed by atoms with van der Waals surface area (Å²) in [6, 6.07) is 16.2. The van der Waals surface area contributed by atoms with Crippen LogP contribution in [0.15, 0.2) is 58.4 Å². The van der Waals surface area contributed by atoms with Gasteiger partial charge < -0.3 is 0 Å². The topological polar surface area (TPSA) is 29.4 Å². The van der Waals surface area contributed by atoms with E-state index in [1.807, 2.05) is 68.5 Å². The van der Waals surface area contributed by atoms with E-state index in [0.717, 1.165) is 16.2 Å². The predicted molar refractivity (Wildman–Crippen MR) is 89.5 cm³/mol. The van der Waals surface area contributed by atoms with Gasteiger partial charge in [-0.2, -0.15) is 0 Å². The third-order valence-electron chi connectivity index (χ3n) is 3.29. The third-order valence-corrected chi connectivity index (χ3v) is 4.33. The second kappa shape index (κ2) is 5.70. The van der Waals surface area contributed by atoms with Crippen LogP contribution in [-0.2, 0) is 4.79 Å². The van der Waals surface area contributed by atoms with E-state index in [1.165, 1.54) is 22.9 Å². The number of benzene rings is 2. The molecule has 0 saturated heterocycles. The Hall–Kier alpha value is -2.13.